The van der Waals surface area contributed by atoms with Crippen molar-refractivity contribution in [2.24, 2.45) is 0 Å². The van der Waals surface area contributed by atoms with Gasteiger partial charge in [-0.25, -0.2) is 4.98 Å². The average molecular weight is 365 g/mol. The summed E-state index contributed by atoms with van der Waals surface area (Å²) in [5.41, 5.74) is 1.28. The molecule has 6 heteroatoms. The molecule has 0 radical (unpaired) electrons. The number of benzene rings is 1. The fourth-order valence-corrected chi connectivity index (χ4v) is 4.00. The Morgan fingerprint density at radius 3 is 2.27 bits per heavy atom. The first-order valence-electron chi connectivity index (χ1n) is 8.62. The minimum Gasteiger partial charge on any atom is -0.334 e. The molecule has 1 aliphatic heterocycles. The van der Waals surface area contributed by atoms with Crippen LogP contribution in [-0.4, -0.2) is 52.8 Å². The zero-order valence-corrected chi connectivity index (χ0v) is 15.3. The summed E-state index contributed by atoms with van der Waals surface area (Å²) in [6, 6.07) is 15.3. The molecular formula is C20H19N3O2S. The molecule has 4 rings (SSSR count). The SMILES string of the molecule is Cc1ccc(C(=O)N2CCN(C(=O)c3ccc4ccccc4n3)CC2)s1. The van der Waals surface area contributed by atoms with Gasteiger partial charge in [0, 0.05) is 36.4 Å². The number of aryl methyl sites for hydroxylation is 1. The number of rotatable bonds is 2. The number of amides is 2. The lowest BCUT2D eigenvalue weighted by Gasteiger charge is -2.34. The molecule has 2 amide bonds. The lowest BCUT2D eigenvalue weighted by Crippen LogP contribution is -2.50. The van der Waals surface area contributed by atoms with Crippen molar-refractivity contribution in [2.45, 2.75) is 6.92 Å². The molecule has 26 heavy (non-hydrogen) atoms. The lowest BCUT2D eigenvalue weighted by atomic mass is 10.2. The first kappa shape index (κ1) is 16.7. The highest BCUT2D eigenvalue weighted by Gasteiger charge is 2.26. The van der Waals surface area contributed by atoms with Crippen LogP contribution < -0.4 is 0 Å². The number of carbonyl (C=O) groups excluding carboxylic acids is 2. The standard InChI is InChI=1S/C20H19N3O2S/c1-14-6-9-18(26-14)20(25)23-12-10-22(11-13-23)19(24)17-8-7-15-4-2-3-5-16(15)21-17/h2-9H,10-13H2,1H3. The fraction of sp³-hybridized carbons (Fsp3) is 0.250. The van der Waals surface area contributed by atoms with Crippen molar-refractivity contribution in [3.05, 3.63) is 64.0 Å². The van der Waals surface area contributed by atoms with Crippen molar-refractivity contribution in [2.75, 3.05) is 26.2 Å². The largest absolute Gasteiger partial charge is 0.334 e. The van der Waals surface area contributed by atoms with Gasteiger partial charge >= 0.3 is 0 Å². The van der Waals surface area contributed by atoms with Crippen LogP contribution in [0.2, 0.25) is 0 Å². The van der Waals surface area contributed by atoms with Crippen molar-refractivity contribution in [3.8, 4) is 0 Å². The molecule has 3 aromatic rings. The van der Waals surface area contributed by atoms with Gasteiger partial charge in [-0.15, -0.1) is 11.3 Å². The quantitative estimate of drug-likeness (QED) is 0.701. The number of hydrogen-bond acceptors (Lipinski definition) is 4. The molecule has 1 aromatic carbocycles. The van der Waals surface area contributed by atoms with Crippen LogP contribution in [0.5, 0.6) is 0 Å². The van der Waals surface area contributed by atoms with Crippen LogP contribution in [0.3, 0.4) is 0 Å². The molecule has 0 spiro atoms. The third-order valence-electron chi connectivity index (χ3n) is 4.62. The monoisotopic (exact) mass is 365 g/mol. The first-order valence-corrected chi connectivity index (χ1v) is 9.44. The van der Waals surface area contributed by atoms with Crippen molar-refractivity contribution in [1.82, 2.24) is 14.8 Å². The third kappa shape index (κ3) is 3.20. The van der Waals surface area contributed by atoms with E-state index in [2.05, 4.69) is 4.98 Å². The van der Waals surface area contributed by atoms with Gasteiger partial charge in [0.2, 0.25) is 0 Å². The Bertz CT molecular complexity index is 974. The van der Waals surface area contributed by atoms with Crippen LogP contribution >= 0.6 is 11.3 Å². The van der Waals surface area contributed by atoms with Crippen LogP contribution in [0, 0.1) is 6.92 Å². The molecule has 132 valence electrons. The second kappa shape index (κ2) is 6.88. The Labute approximate surface area is 155 Å². The summed E-state index contributed by atoms with van der Waals surface area (Å²) >= 11 is 1.51. The minimum atomic E-state index is -0.0742. The smallest absolute Gasteiger partial charge is 0.272 e. The number of aromatic nitrogens is 1. The number of para-hydroxylation sites is 1. The number of pyridine rings is 1. The highest BCUT2D eigenvalue weighted by Crippen LogP contribution is 2.19. The van der Waals surface area contributed by atoms with Gasteiger partial charge in [-0.3, -0.25) is 9.59 Å². The third-order valence-corrected chi connectivity index (χ3v) is 5.61. The van der Waals surface area contributed by atoms with E-state index in [1.807, 2.05) is 54.3 Å². The molecule has 0 N–H and O–H groups in total. The fourth-order valence-electron chi connectivity index (χ4n) is 3.17. The normalized spacial score (nSPS) is 14.7. The number of piperazine rings is 1. The number of carbonyl (C=O) groups is 2. The topological polar surface area (TPSA) is 53.5 Å². The molecule has 0 bridgehead atoms. The summed E-state index contributed by atoms with van der Waals surface area (Å²) in [6.07, 6.45) is 0. The maximum absolute atomic E-state index is 12.8. The van der Waals surface area contributed by atoms with Crippen molar-refractivity contribution in [1.29, 1.82) is 0 Å². The van der Waals surface area contributed by atoms with E-state index < -0.39 is 0 Å². The van der Waals surface area contributed by atoms with Gasteiger partial charge in [0.25, 0.3) is 11.8 Å². The number of hydrogen-bond donors (Lipinski definition) is 0. The molecule has 0 unspecified atom stereocenters. The van der Waals surface area contributed by atoms with Crippen molar-refractivity contribution in [3.63, 3.8) is 0 Å². The second-order valence-electron chi connectivity index (χ2n) is 6.38. The molecule has 1 saturated heterocycles. The molecule has 0 atom stereocenters. The second-order valence-corrected chi connectivity index (χ2v) is 7.67. The lowest BCUT2D eigenvalue weighted by molar-refractivity contribution is 0.0535. The summed E-state index contributed by atoms with van der Waals surface area (Å²) < 4.78 is 0. The Morgan fingerprint density at radius 1 is 0.885 bits per heavy atom. The predicted molar refractivity (Wildman–Crippen MR) is 103 cm³/mol. The van der Waals surface area contributed by atoms with Crippen LogP contribution in [0.4, 0.5) is 0 Å². The van der Waals surface area contributed by atoms with E-state index in [-0.39, 0.29) is 11.8 Å². The molecule has 1 aliphatic rings. The average Bonchev–Trinajstić information content (AvgIpc) is 3.13. The summed E-state index contributed by atoms with van der Waals surface area (Å²) in [4.78, 5) is 35.3. The highest BCUT2D eigenvalue weighted by molar-refractivity contribution is 7.13. The van der Waals surface area contributed by atoms with E-state index in [9.17, 15) is 9.59 Å². The molecule has 0 saturated carbocycles. The maximum Gasteiger partial charge on any atom is 0.272 e. The minimum absolute atomic E-state index is 0.0547. The van der Waals surface area contributed by atoms with E-state index in [0.29, 0.717) is 31.9 Å². The van der Waals surface area contributed by atoms with Gasteiger partial charge in [-0.05, 0) is 31.2 Å². The van der Waals surface area contributed by atoms with Crippen molar-refractivity contribution < 1.29 is 9.59 Å². The Morgan fingerprint density at radius 2 is 1.58 bits per heavy atom. The van der Waals surface area contributed by atoms with Gasteiger partial charge < -0.3 is 9.80 Å². The molecule has 5 nitrogen and oxygen atoms in total. The highest BCUT2D eigenvalue weighted by atomic mass is 32.1. The zero-order chi connectivity index (χ0) is 18.1. The molecule has 1 fully saturated rings. The van der Waals surface area contributed by atoms with E-state index in [4.69, 9.17) is 0 Å². The summed E-state index contributed by atoms with van der Waals surface area (Å²) in [7, 11) is 0. The number of fused-ring (bicyclic) bond motifs is 1. The van der Waals surface area contributed by atoms with E-state index >= 15 is 0 Å². The molecule has 2 aromatic heterocycles. The maximum atomic E-state index is 12.8. The van der Waals surface area contributed by atoms with Crippen molar-refractivity contribution >= 4 is 34.1 Å². The van der Waals surface area contributed by atoms with Gasteiger partial charge in [0.05, 0.1) is 10.4 Å². The van der Waals surface area contributed by atoms with Gasteiger partial charge in [0.1, 0.15) is 5.69 Å². The van der Waals surface area contributed by atoms with E-state index in [1.54, 1.807) is 11.0 Å². The Balaban J connectivity index is 1.43. The summed E-state index contributed by atoms with van der Waals surface area (Å²) in [5.74, 6) is -0.0196. The van der Waals surface area contributed by atoms with Crippen LogP contribution in [-0.2, 0) is 0 Å². The molecule has 3 heterocycles. The van der Waals surface area contributed by atoms with E-state index in [1.165, 1.54) is 11.3 Å². The molecular weight excluding hydrogens is 346 g/mol. The van der Waals surface area contributed by atoms with Gasteiger partial charge in [-0.1, -0.05) is 24.3 Å². The predicted octanol–water partition coefficient (Wildman–Crippen LogP) is 3.20. The molecule has 0 aliphatic carbocycles. The van der Waals surface area contributed by atoms with Gasteiger partial charge in [-0.2, -0.15) is 0 Å². The summed E-state index contributed by atoms with van der Waals surface area (Å²) in [6.45, 7) is 4.16. The van der Waals surface area contributed by atoms with Gasteiger partial charge in [0.15, 0.2) is 0 Å². The summed E-state index contributed by atoms with van der Waals surface area (Å²) in [5, 5.41) is 1.02. The number of thiophene rings is 1. The zero-order valence-electron chi connectivity index (χ0n) is 14.5. The van der Waals surface area contributed by atoms with Crippen LogP contribution in [0.15, 0.2) is 48.5 Å². The number of nitrogens with zero attached hydrogens (tertiary/aromatic N) is 3. The van der Waals surface area contributed by atoms with Crippen LogP contribution in [0.1, 0.15) is 25.0 Å². The van der Waals surface area contributed by atoms with Crippen LogP contribution in [0.25, 0.3) is 10.9 Å². The first-order chi connectivity index (χ1) is 12.6. The van der Waals surface area contributed by atoms with E-state index in [0.717, 1.165) is 20.7 Å². The Hall–Kier alpha value is -2.73. The Kier molecular flexibility index (Phi) is 4.42.